The lowest BCUT2D eigenvalue weighted by atomic mass is 9.45. The molecule has 23 heavy (non-hydrogen) atoms. The van der Waals surface area contributed by atoms with Crippen molar-refractivity contribution in [1.82, 2.24) is 4.90 Å². The zero-order chi connectivity index (χ0) is 16.4. The molecule has 0 spiro atoms. The van der Waals surface area contributed by atoms with E-state index >= 15 is 0 Å². The smallest absolute Gasteiger partial charge is 0.0543 e. The molecule has 0 aromatic carbocycles. The Morgan fingerprint density at radius 1 is 0.826 bits per heavy atom. The predicted octanol–water partition coefficient (Wildman–Crippen LogP) is 4.32. The molecule has 4 aliphatic carbocycles. The summed E-state index contributed by atoms with van der Waals surface area (Å²) in [6.45, 7) is 5.21. The molecule has 4 rings (SSSR count). The second kappa shape index (κ2) is 5.46. The molecule has 8 atom stereocenters. The van der Waals surface area contributed by atoms with E-state index in [1.54, 1.807) is 0 Å². The van der Waals surface area contributed by atoms with Gasteiger partial charge in [0.2, 0.25) is 0 Å². The fraction of sp³-hybridized carbons (Fsp3) is 1.00. The van der Waals surface area contributed by atoms with Crippen molar-refractivity contribution in [2.24, 2.45) is 34.5 Å². The summed E-state index contributed by atoms with van der Waals surface area (Å²) < 4.78 is 0. The first kappa shape index (κ1) is 16.4. The van der Waals surface area contributed by atoms with E-state index in [1.165, 1.54) is 44.9 Å². The molecule has 0 saturated heterocycles. The van der Waals surface area contributed by atoms with Crippen molar-refractivity contribution < 1.29 is 5.11 Å². The first-order valence-electron chi connectivity index (χ1n) is 10.2. The van der Waals surface area contributed by atoms with Crippen LogP contribution in [0.4, 0.5) is 0 Å². The fourth-order valence-corrected chi connectivity index (χ4v) is 8.06. The Balaban J connectivity index is 1.60. The third-order valence-electron chi connectivity index (χ3n) is 9.21. The minimum Gasteiger partial charge on any atom is -0.393 e. The Kier molecular flexibility index (Phi) is 3.89. The second-order valence-electron chi connectivity index (χ2n) is 10.2. The highest BCUT2D eigenvalue weighted by atomic mass is 16.3. The van der Waals surface area contributed by atoms with Gasteiger partial charge in [0.25, 0.3) is 0 Å². The predicted molar refractivity (Wildman–Crippen MR) is 95.2 cm³/mol. The summed E-state index contributed by atoms with van der Waals surface area (Å²) in [5, 5.41) is 10.1. The summed E-state index contributed by atoms with van der Waals surface area (Å²) in [4.78, 5) is 2.52. The standard InChI is InChI=1S/C21H37NO/c1-20-11-9-15(23)13-14(20)5-6-16-17-7-8-19(22(3)4)21(17,2)12-10-18(16)20/h14-19,23H,5-13H2,1-4H3/t14?,15?,16-,17-,18+,19?,20-,21-/m0/s1. The van der Waals surface area contributed by atoms with Gasteiger partial charge in [-0.3, -0.25) is 0 Å². The molecule has 4 saturated carbocycles. The Bertz CT molecular complexity index is 463. The van der Waals surface area contributed by atoms with Crippen LogP contribution in [0.25, 0.3) is 0 Å². The van der Waals surface area contributed by atoms with Crippen LogP contribution in [0.15, 0.2) is 0 Å². The van der Waals surface area contributed by atoms with Crippen LogP contribution in [0.2, 0.25) is 0 Å². The van der Waals surface area contributed by atoms with Gasteiger partial charge < -0.3 is 10.0 Å². The largest absolute Gasteiger partial charge is 0.393 e. The van der Waals surface area contributed by atoms with E-state index in [0.29, 0.717) is 10.8 Å². The van der Waals surface area contributed by atoms with Crippen LogP contribution in [0.5, 0.6) is 0 Å². The summed E-state index contributed by atoms with van der Waals surface area (Å²) in [7, 11) is 4.59. The van der Waals surface area contributed by atoms with Crippen molar-refractivity contribution in [2.75, 3.05) is 14.1 Å². The summed E-state index contributed by atoms with van der Waals surface area (Å²) in [5.41, 5.74) is 1.09. The molecule has 0 heterocycles. The van der Waals surface area contributed by atoms with Crippen molar-refractivity contribution in [1.29, 1.82) is 0 Å². The first-order valence-corrected chi connectivity index (χ1v) is 10.2. The summed E-state index contributed by atoms with van der Waals surface area (Å²) in [5.74, 6) is 3.66. The molecular weight excluding hydrogens is 282 g/mol. The second-order valence-corrected chi connectivity index (χ2v) is 10.2. The minimum atomic E-state index is -0.0110. The molecule has 4 aliphatic rings. The van der Waals surface area contributed by atoms with Crippen molar-refractivity contribution in [2.45, 2.75) is 83.8 Å². The van der Waals surface area contributed by atoms with E-state index in [0.717, 1.165) is 42.6 Å². The molecule has 0 bridgehead atoms. The van der Waals surface area contributed by atoms with Crippen LogP contribution in [-0.2, 0) is 0 Å². The maximum atomic E-state index is 10.1. The molecule has 0 aromatic rings. The lowest BCUT2D eigenvalue weighted by Crippen LogP contribution is -2.55. The molecule has 1 N–H and O–H groups in total. The maximum Gasteiger partial charge on any atom is 0.0543 e. The Morgan fingerprint density at radius 2 is 1.52 bits per heavy atom. The zero-order valence-corrected chi connectivity index (χ0v) is 15.7. The highest BCUT2D eigenvalue weighted by Gasteiger charge is 2.60. The number of rotatable bonds is 1. The first-order chi connectivity index (χ1) is 10.9. The van der Waals surface area contributed by atoms with E-state index in [9.17, 15) is 5.11 Å². The van der Waals surface area contributed by atoms with Gasteiger partial charge in [-0.25, -0.2) is 0 Å². The molecule has 0 aromatic heterocycles. The van der Waals surface area contributed by atoms with Gasteiger partial charge >= 0.3 is 0 Å². The normalized spacial score (nSPS) is 56.1. The Hall–Kier alpha value is -0.0800. The molecular formula is C21H37NO. The molecule has 132 valence electrons. The van der Waals surface area contributed by atoms with Crippen LogP contribution in [0.1, 0.15) is 71.6 Å². The molecule has 4 fully saturated rings. The van der Waals surface area contributed by atoms with Gasteiger partial charge in [0.05, 0.1) is 6.10 Å². The van der Waals surface area contributed by atoms with Crippen molar-refractivity contribution in [3.05, 3.63) is 0 Å². The third-order valence-corrected chi connectivity index (χ3v) is 9.21. The highest BCUT2D eigenvalue weighted by molar-refractivity contribution is 5.10. The number of hydrogen-bond acceptors (Lipinski definition) is 2. The van der Waals surface area contributed by atoms with Crippen LogP contribution in [-0.4, -0.2) is 36.2 Å². The molecule has 0 aliphatic heterocycles. The molecule has 2 heteroatoms. The van der Waals surface area contributed by atoms with E-state index in [-0.39, 0.29) is 6.10 Å². The zero-order valence-electron chi connectivity index (χ0n) is 15.7. The average Bonchev–Trinajstić information content (AvgIpc) is 2.85. The lowest BCUT2D eigenvalue weighted by molar-refractivity contribution is -0.127. The quantitative estimate of drug-likeness (QED) is 0.778. The van der Waals surface area contributed by atoms with Gasteiger partial charge in [-0.2, -0.15) is 0 Å². The van der Waals surface area contributed by atoms with Gasteiger partial charge in [-0.15, -0.1) is 0 Å². The molecule has 3 unspecified atom stereocenters. The van der Waals surface area contributed by atoms with Gasteiger partial charge in [-0.1, -0.05) is 13.8 Å². The summed E-state index contributed by atoms with van der Waals surface area (Å²) in [6.07, 6.45) is 12.0. The lowest BCUT2D eigenvalue weighted by Gasteiger charge is -2.61. The SMILES string of the molecule is CN(C)C1CC[C@H]2[C@@H]3CCC4CC(O)CC[C@]4(C)[C@@H]3CC[C@]12C. The average molecular weight is 320 g/mol. The van der Waals surface area contributed by atoms with Gasteiger partial charge in [0.15, 0.2) is 0 Å². The van der Waals surface area contributed by atoms with Crippen molar-refractivity contribution in [3.8, 4) is 0 Å². The fourth-order valence-electron chi connectivity index (χ4n) is 8.06. The van der Waals surface area contributed by atoms with Gasteiger partial charge in [0, 0.05) is 6.04 Å². The van der Waals surface area contributed by atoms with Crippen LogP contribution in [0, 0.1) is 34.5 Å². The van der Waals surface area contributed by atoms with Crippen molar-refractivity contribution >= 4 is 0 Å². The molecule has 0 radical (unpaired) electrons. The number of hydrogen-bond donors (Lipinski definition) is 1. The monoisotopic (exact) mass is 319 g/mol. The topological polar surface area (TPSA) is 23.5 Å². The van der Waals surface area contributed by atoms with E-state index < -0.39 is 0 Å². The van der Waals surface area contributed by atoms with Crippen LogP contribution in [0.3, 0.4) is 0 Å². The number of nitrogens with zero attached hydrogens (tertiary/aromatic N) is 1. The summed E-state index contributed by atoms with van der Waals surface area (Å²) in [6, 6.07) is 0.798. The summed E-state index contributed by atoms with van der Waals surface area (Å²) >= 11 is 0. The van der Waals surface area contributed by atoms with E-state index in [4.69, 9.17) is 0 Å². The highest BCUT2D eigenvalue weighted by Crippen LogP contribution is 2.66. The molecule has 2 nitrogen and oxygen atoms in total. The minimum absolute atomic E-state index is 0.0110. The maximum absolute atomic E-state index is 10.1. The Morgan fingerprint density at radius 3 is 2.26 bits per heavy atom. The van der Waals surface area contributed by atoms with E-state index in [2.05, 4.69) is 32.8 Å². The van der Waals surface area contributed by atoms with Gasteiger partial charge in [0.1, 0.15) is 0 Å². The van der Waals surface area contributed by atoms with Crippen molar-refractivity contribution in [3.63, 3.8) is 0 Å². The van der Waals surface area contributed by atoms with Crippen LogP contribution < -0.4 is 0 Å². The molecule has 0 amide bonds. The van der Waals surface area contributed by atoms with E-state index in [1.807, 2.05) is 0 Å². The number of aliphatic hydroxyl groups excluding tert-OH is 1. The number of aliphatic hydroxyl groups is 1. The third kappa shape index (κ3) is 2.27. The van der Waals surface area contributed by atoms with Crippen LogP contribution >= 0.6 is 0 Å². The van der Waals surface area contributed by atoms with Gasteiger partial charge in [-0.05, 0) is 106 Å². The Labute approximate surface area is 143 Å². The number of fused-ring (bicyclic) bond motifs is 5.